The maximum atomic E-state index is 12.3. The highest BCUT2D eigenvalue weighted by Crippen LogP contribution is 2.17. The van der Waals surface area contributed by atoms with Gasteiger partial charge in [0, 0.05) is 45.1 Å². The second kappa shape index (κ2) is 9.99. The molecule has 2 heterocycles. The van der Waals surface area contributed by atoms with E-state index in [4.69, 9.17) is 9.47 Å². The molecule has 6 nitrogen and oxygen atoms in total. The van der Waals surface area contributed by atoms with Crippen LogP contribution in [-0.2, 0) is 11.3 Å². The van der Waals surface area contributed by atoms with Gasteiger partial charge in [-0.25, -0.2) is 0 Å². The minimum Gasteiger partial charge on any atom is -0.497 e. The summed E-state index contributed by atoms with van der Waals surface area (Å²) in [4.78, 5) is 20.6. The van der Waals surface area contributed by atoms with E-state index in [0.717, 1.165) is 38.5 Å². The van der Waals surface area contributed by atoms with E-state index in [-0.39, 0.29) is 24.9 Å². The van der Waals surface area contributed by atoms with Crippen LogP contribution in [0.15, 0.2) is 48.8 Å². The van der Waals surface area contributed by atoms with Gasteiger partial charge in [-0.05, 0) is 42.0 Å². The van der Waals surface area contributed by atoms with Gasteiger partial charge in [-0.2, -0.15) is 0 Å². The van der Waals surface area contributed by atoms with Crippen molar-refractivity contribution in [2.75, 3.05) is 39.9 Å². The van der Waals surface area contributed by atoms with E-state index in [1.54, 1.807) is 19.2 Å². The minimum atomic E-state index is 0. The molecule has 0 spiro atoms. The summed E-state index contributed by atoms with van der Waals surface area (Å²) in [5.74, 6) is 1.47. The molecule has 2 aromatic rings. The van der Waals surface area contributed by atoms with Crippen LogP contribution >= 0.6 is 12.4 Å². The Kier molecular flexibility index (Phi) is 7.69. The molecule has 1 aliphatic rings. The fourth-order valence-corrected chi connectivity index (χ4v) is 2.81. The number of carbonyl (C=O) groups is 1. The molecular formula is C19H24ClN3O3. The average molecular weight is 378 g/mol. The summed E-state index contributed by atoms with van der Waals surface area (Å²) >= 11 is 0. The first-order chi connectivity index (χ1) is 12.2. The van der Waals surface area contributed by atoms with Crippen LogP contribution in [0.5, 0.6) is 11.5 Å². The maximum Gasteiger partial charge on any atom is 0.260 e. The zero-order valence-electron chi connectivity index (χ0n) is 14.8. The number of aromatic nitrogens is 1. The number of rotatable bonds is 6. The number of hydrogen-bond acceptors (Lipinski definition) is 5. The Balaban J connectivity index is 0.00000243. The lowest BCUT2D eigenvalue weighted by atomic mass is 10.2. The number of ether oxygens (including phenoxy) is 2. The van der Waals surface area contributed by atoms with Crippen LogP contribution < -0.4 is 9.47 Å². The molecule has 0 bridgehead atoms. The van der Waals surface area contributed by atoms with Gasteiger partial charge in [0.15, 0.2) is 6.61 Å². The minimum absolute atomic E-state index is 0. The lowest BCUT2D eigenvalue weighted by Crippen LogP contribution is -2.49. The summed E-state index contributed by atoms with van der Waals surface area (Å²) in [6.45, 7) is 4.17. The van der Waals surface area contributed by atoms with Gasteiger partial charge in [0.25, 0.3) is 5.91 Å². The summed E-state index contributed by atoms with van der Waals surface area (Å²) < 4.78 is 10.7. The van der Waals surface area contributed by atoms with Crippen molar-refractivity contribution >= 4 is 18.3 Å². The Labute approximate surface area is 160 Å². The molecule has 1 saturated heterocycles. The van der Waals surface area contributed by atoms with Crippen LogP contribution in [-0.4, -0.2) is 60.6 Å². The van der Waals surface area contributed by atoms with Crippen molar-refractivity contribution < 1.29 is 14.3 Å². The molecule has 0 N–H and O–H groups in total. The Morgan fingerprint density at radius 1 is 1.00 bits per heavy atom. The molecular weight excluding hydrogens is 354 g/mol. The van der Waals surface area contributed by atoms with Gasteiger partial charge in [0.1, 0.15) is 11.5 Å². The average Bonchev–Trinajstić information content (AvgIpc) is 2.68. The summed E-state index contributed by atoms with van der Waals surface area (Å²) in [6, 6.07) is 11.3. The number of methoxy groups -OCH3 is 1. The molecule has 0 radical (unpaired) electrons. The lowest BCUT2D eigenvalue weighted by molar-refractivity contribution is -0.135. The third kappa shape index (κ3) is 5.61. The molecule has 0 atom stereocenters. The van der Waals surface area contributed by atoms with Gasteiger partial charge in [-0.1, -0.05) is 0 Å². The van der Waals surface area contributed by atoms with Crippen molar-refractivity contribution in [3.8, 4) is 11.5 Å². The SMILES string of the molecule is COc1ccc(OCC(=O)N2CCN(Cc3ccncc3)CC2)cc1.Cl. The standard InChI is InChI=1S/C19H23N3O3.ClH/c1-24-17-2-4-18(5-3-17)25-15-19(23)22-12-10-21(11-13-22)14-16-6-8-20-9-7-16;/h2-9H,10-15H2,1H3;1H. The monoisotopic (exact) mass is 377 g/mol. The smallest absolute Gasteiger partial charge is 0.260 e. The van der Waals surface area contributed by atoms with Gasteiger partial charge < -0.3 is 14.4 Å². The number of halogens is 1. The Bertz CT molecular complexity index is 674. The number of benzene rings is 1. The summed E-state index contributed by atoms with van der Waals surface area (Å²) in [5.41, 5.74) is 1.25. The highest BCUT2D eigenvalue weighted by molar-refractivity contribution is 5.85. The molecule has 0 unspecified atom stereocenters. The van der Waals surface area contributed by atoms with Gasteiger partial charge in [-0.15, -0.1) is 12.4 Å². The van der Waals surface area contributed by atoms with E-state index < -0.39 is 0 Å². The van der Waals surface area contributed by atoms with Crippen molar-refractivity contribution in [1.82, 2.24) is 14.8 Å². The molecule has 1 aliphatic heterocycles. The third-order valence-electron chi connectivity index (χ3n) is 4.30. The van der Waals surface area contributed by atoms with Crippen LogP contribution in [0, 0.1) is 0 Å². The van der Waals surface area contributed by atoms with E-state index in [1.165, 1.54) is 5.56 Å². The van der Waals surface area contributed by atoms with Gasteiger partial charge in [-0.3, -0.25) is 14.7 Å². The van der Waals surface area contributed by atoms with E-state index in [2.05, 4.69) is 9.88 Å². The zero-order chi connectivity index (χ0) is 17.5. The molecule has 1 fully saturated rings. The number of piperazine rings is 1. The quantitative estimate of drug-likeness (QED) is 0.772. The largest absolute Gasteiger partial charge is 0.497 e. The first kappa shape index (κ1) is 20.0. The molecule has 140 valence electrons. The fourth-order valence-electron chi connectivity index (χ4n) is 2.81. The third-order valence-corrected chi connectivity index (χ3v) is 4.30. The number of carbonyl (C=O) groups excluding carboxylic acids is 1. The summed E-state index contributed by atoms with van der Waals surface area (Å²) in [7, 11) is 1.62. The van der Waals surface area contributed by atoms with Crippen molar-refractivity contribution in [1.29, 1.82) is 0 Å². The second-order valence-electron chi connectivity index (χ2n) is 5.98. The summed E-state index contributed by atoms with van der Waals surface area (Å²) in [6.07, 6.45) is 3.62. The number of amides is 1. The van der Waals surface area contributed by atoms with Gasteiger partial charge in [0.05, 0.1) is 7.11 Å². The first-order valence-electron chi connectivity index (χ1n) is 8.40. The second-order valence-corrected chi connectivity index (χ2v) is 5.98. The predicted octanol–water partition coefficient (Wildman–Crippen LogP) is 2.24. The van der Waals surface area contributed by atoms with E-state index in [0.29, 0.717) is 5.75 Å². The van der Waals surface area contributed by atoms with E-state index in [1.807, 2.05) is 41.6 Å². The van der Waals surface area contributed by atoms with Crippen LogP contribution in [0.4, 0.5) is 0 Å². The topological polar surface area (TPSA) is 54.9 Å². The summed E-state index contributed by atoms with van der Waals surface area (Å²) in [5, 5.41) is 0. The molecule has 3 rings (SSSR count). The van der Waals surface area contributed by atoms with Crippen molar-refractivity contribution in [2.45, 2.75) is 6.54 Å². The highest BCUT2D eigenvalue weighted by Gasteiger charge is 2.21. The van der Waals surface area contributed by atoms with Crippen LogP contribution in [0.25, 0.3) is 0 Å². The zero-order valence-corrected chi connectivity index (χ0v) is 15.7. The molecule has 1 aromatic heterocycles. The molecule has 26 heavy (non-hydrogen) atoms. The molecule has 0 saturated carbocycles. The molecule has 1 aromatic carbocycles. The molecule has 1 amide bonds. The lowest BCUT2D eigenvalue weighted by Gasteiger charge is -2.34. The number of pyridine rings is 1. The first-order valence-corrected chi connectivity index (χ1v) is 8.40. The van der Waals surface area contributed by atoms with E-state index in [9.17, 15) is 4.79 Å². The van der Waals surface area contributed by atoms with Crippen LogP contribution in [0.3, 0.4) is 0 Å². The van der Waals surface area contributed by atoms with Crippen molar-refractivity contribution in [3.05, 3.63) is 54.4 Å². The van der Waals surface area contributed by atoms with Crippen molar-refractivity contribution in [2.24, 2.45) is 0 Å². The Morgan fingerprint density at radius 2 is 1.62 bits per heavy atom. The fraction of sp³-hybridized carbons (Fsp3) is 0.368. The van der Waals surface area contributed by atoms with E-state index >= 15 is 0 Å². The molecule has 7 heteroatoms. The maximum absolute atomic E-state index is 12.3. The number of nitrogens with zero attached hydrogens (tertiary/aromatic N) is 3. The Hall–Kier alpha value is -2.31. The van der Waals surface area contributed by atoms with Gasteiger partial charge >= 0.3 is 0 Å². The highest BCUT2D eigenvalue weighted by atomic mass is 35.5. The number of hydrogen-bond donors (Lipinski definition) is 0. The van der Waals surface area contributed by atoms with Crippen LogP contribution in [0.2, 0.25) is 0 Å². The normalized spacial score (nSPS) is 14.4. The Morgan fingerprint density at radius 3 is 2.23 bits per heavy atom. The molecule has 0 aliphatic carbocycles. The van der Waals surface area contributed by atoms with Crippen LogP contribution in [0.1, 0.15) is 5.56 Å². The predicted molar refractivity (Wildman–Crippen MR) is 102 cm³/mol. The van der Waals surface area contributed by atoms with Gasteiger partial charge in [0.2, 0.25) is 0 Å². The van der Waals surface area contributed by atoms with Crippen molar-refractivity contribution in [3.63, 3.8) is 0 Å².